The maximum atomic E-state index is 12.4. The summed E-state index contributed by atoms with van der Waals surface area (Å²) in [5.74, 6) is -1.96. The number of amides is 1. The summed E-state index contributed by atoms with van der Waals surface area (Å²) >= 11 is 0. The summed E-state index contributed by atoms with van der Waals surface area (Å²) in [7, 11) is 2.38. The Hall–Kier alpha value is -3.09. The summed E-state index contributed by atoms with van der Waals surface area (Å²) in [5.41, 5.74) is 0.860. The second kappa shape index (κ2) is 6.78. The molecule has 23 heavy (non-hydrogen) atoms. The van der Waals surface area contributed by atoms with Crippen molar-refractivity contribution >= 4 is 23.5 Å². The van der Waals surface area contributed by atoms with Crippen molar-refractivity contribution < 1.29 is 23.9 Å². The van der Waals surface area contributed by atoms with Gasteiger partial charge in [0.1, 0.15) is 11.4 Å². The Morgan fingerprint density at radius 1 is 0.957 bits per heavy atom. The minimum atomic E-state index is -0.757. The number of hydrogen-bond acceptors (Lipinski definition) is 5. The largest absolute Gasteiger partial charge is 0.465 e. The molecule has 0 atom stereocenters. The standard InChI is InChI=1S/C16H16N2O5/c1-9-11(15(20)22-2)13(16(21)23-3)18-12(9)14(19)17-10-7-5-4-6-8-10/h4-8,18H,1-3H3,(H,17,19). The Morgan fingerprint density at radius 2 is 1.57 bits per heavy atom. The van der Waals surface area contributed by atoms with Crippen molar-refractivity contribution in [2.75, 3.05) is 19.5 Å². The van der Waals surface area contributed by atoms with Crippen LogP contribution in [0.5, 0.6) is 0 Å². The van der Waals surface area contributed by atoms with Crippen LogP contribution in [0.4, 0.5) is 5.69 Å². The monoisotopic (exact) mass is 316 g/mol. The highest BCUT2D eigenvalue weighted by atomic mass is 16.5. The van der Waals surface area contributed by atoms with Gasteiger partial charge in [-0.2, -0.15) is 0 Å². The predicted octanol–water partition coefficient (Wildman–Crippen LogP) is 2.15. The molecule has 2 rings (SSSR count). The molecule has 0 saturated carbocycles. The number of H-pyrrole nitrogens is 1. The molecule has 0 aliphatic heterocycles. The minimum Gasteiger partial charge on any atom is -0.465 e. The van der Waals surface area contributed by atoms with E-state index in [1.165, 1.54) is 14.2 Å². The quantitative estimate of drug-likeness (QED) is 0.842. The molecule has 0 unspecified atom stereocenters. The van der Waals surface area contributed by atoms with Crippen LogP contribution < -0.4 is 5.32 Å². The van der Waals surface area contributed by atoms with Crippen LogP contribution in [-0.4, -0.2) is 37.0 Å². The van der Waals surface area contributed by atoms with Crippen LogP contribution in [0.25, 0.3) is 0 Å². The molecule has 7 heteroatoms. The van der Waals surface area contributed by atoms with Crippen molar-refractivity contribution in [3.63, 3.8) is 0 Å². The zero-order chi connectivity index (χ0) is 17.0. The molecular weight excluding hydrogens is 300 g/mol. The number of carbonyl (C=O) groups excluding carboxylic acids is 3. The normalized spacial score (nSPS) is 10.0. The van der Waals surface area contributed by atoms with E-state index in [0.29, 0.717) is 11.3 Å². The summed E-state index contributed by atoms with van der Waals surface area (Å²) in [6.07, 6.45) is 0. The van der Waals surface area contributed by atoms with Crippen LogP contribution in [0, 0.1) is 6.92 Å². The summed E-state index contributed by atoms with van der Waals surface area (Å²) < 4.78 is 9.29. The smallest absolute Gasteiger partial charge is 0.355 e. The fourth-order valence-electron chi connectivity index (χ4n) is 2.15. The Balaban J connectivity index is 2.43. The first kappa shape index (κ1) is 16.3. The molecule has 1 amide bonds. The van der Waals surface area contributed by atoms with Gasteiger partial charge in [0.2, 0.25) is 0 Å². The van der Waals surface area contributed by atoms with Crippen LogP contribution in [0.3, 0.4) is 0 Å². The van der Waals surface area contributed by atoms with Crippen molar-refractivity contribution in [2.45, 2.75) is 6.92 Å². The molecule has 0 bridgehead atoms. The fourth-order valence-corrected chi connectivity index (χ4v) is 2.15. The van der Waals surface area contributed by atoms with Gasteiger partial charge in [-0.1, -0.05) is 18.2 Å². The van der Waals surface area contributed by atoms with Crippen molar-refractivity contribution in [1.29, 1.82) is 0 Å². The van der Waals surface area contributed by atoms with Gasteiger partial charge in [0, 0.05) is 5.69 Å². The Bertz CT molecular complexity index is 749. The van der Waals surface area contributed by atoms with E-state index in [2.05, 4.69) is 19.8 Å². The molecular formula is C16H16N2O5. The van der Waals surface area contributed by atoms with E-state index in [9.17, 15) is 14.4 Å². The van der Waals surface area contributed by atoms with Gasteiger partial charge < -0.3 is 19.8 Å². The lowest BCUT2D eigenvalue weighted by atomic mass is 10.1. The molecule has 0 fully saturated rings. The van der Waals surface area contributed by atoms with Gasteiger partial charge in [0.05, 0.1) is 19.8 Å². The first-order valence-corrected chi connectivity index (χ1v) is 6.75. The molecule has 0 radical (unpaired) electrons. The molecule has 120 valence electrons. The highest BCUT2D eigenvalue weighted by molar-refractivity contribution is 6.10. The van der Waals surface area contributed by atoms with E-state index >= 15 is 0 Å². The summed E-state index contributed by atoms with van der Waals surface area (Å²) in [5, 5.41) is 2.68. The summed E-state index contributed by atoms with van der Waals surface area (Å²) in [4.78, 5) is 38.7. The number of esters is 2. The lowest BCUT2D eigenvalue weighted by molar-refractivity contribution is 0.0551. The number of rotatable bonds is 4. The molecule has 1 aromatic heterocycles. The van der Waals surface area contributed by atoms with E-state index in [1.807, 2.05) is 6.07 Å². The Morgan fingerprint density at radius 3 is 2.13 bits per heavy atom. The number of anilines is 1. The first-order valence-electron chi connectivity index (χ1n) is 6.75. The number of aromatic amines is 1. The number of para-hydroxylation sites is 1. The number of carbonyl (C=O) groups is 3. The van der Waals surface area contributed by atoms with E-state index in [4.69, 9.17) is 0 Å². The molecule has 0 aliphatic rings. The van der Waals surface area contributed by atoms with E-state index in [1.54, 1.807) is 31.2 Å². The summed E-state index contributed by atoms with van der Waals surface area (Å²) in [6, 6.07) is 8.81. The Kier molecular flexibility index (Phi) is 4.80. The van der Waals surface area contributed by atoms with Gasteiger partial charge >= 0.3 is 11.9 Å². The lowest BCUT2D eigenvalue weighted by Crippen LogP contribution is -2.14. The number of benzene rings is 1. The molecule has 0 aliphatic carbocycles. The number of nitrogens with one attached hydrogen (secondary N) is 2. The molecule has 1 aromatic carbocycles. The van der Waals surface area contributed by atoms with Crippen molar-refractivity contribution in [3.05, 3.63) is 52.8 Å². The molecule has 0 saturated heterocycles. The minimum absolute atomic E-state index is 0.0161. The van der Waals surface area contributed by atoms with E-state index in [-0.39, 0.29) is 17.0 Å². The van der Waals surface area contributed by atoms with Crippen molar-refractivity contribution in [2.24, 2.45) is 0 Å². The van der Waals surface area contributed by atoms with Crippen LogP contribution in [0.1, 0.15) is 36.9 Å². The second-order valence-electron chi connectivity index (χ2n) is 4.68. The number of methoxy groups -OCH3 is 2. The maximum absolute atomic E-state index is 12.4. The van der Waals surface area contributed by atoms with E-state index in [0.717, 1.165) is 0 Å². The third-order valence-electron chi connectivity index (χ3n) is 3.29. The number of hydrogen-bond donors (Lipinski definition) is 2. The van der Waals surface area contributed by atoms with E-state index < -0.39 is 17.8 Å². The zero-order valence-corrected chi connectivity index (χ0v) is 12.9. The van der Waals surface area contributed by atoms with Gasteiger partial charge in [-0.15, -0.1) is 0 Å². The summed E-state index contributed by atoms with van der Waals surface area (Å²) in [6.45, 7) is 1.55. The second-order valence-corrected chi connectivity index (χ2v) is 4.68. The lowest BCUT2D eigenvalue weighted by Gasteiger charge is -2.04. The van der Waals surface area contributed by atoms with Gasteiger partial charge in [-0.05, 0) is 24.6 Å². The number of aromatic nitrogens is 1. The Labute approximate surface area is 132 Å². The van der Waals surface area contributed by atoms with Crippen LogP contribution >= 0.6 is 0 Å². The highest BCUT2D eigenvalue weighted by Gasteiger charge is 2.28. The van der Waals surface area contributed by atoms with Gasteiger partial charge in [0.25, 0.3) is 5.91 Å². The van der Waals surface area contributed by atoms with Crippen LogP contribution in [0.15, 0.2) is 30.3 Å². The average Bonchev–Trinajstić information content (AvgIpc) is 2.91. The molecule has 7 nitrogen and oxygen atoms in total. The van der Waals surface area contributed by atoms with Gasteiger partial charge in [-0.3, -0.25) is 4.79 Å². The maximum Gasteiger partial charge on any atom is 0.355 e. The average molecular weight is 316 g/mol. The van der Waals surface area contributed by atoms with Gasteiger partial charge in [0.15, 0.2) is 0 Å². The van der Waals surface area contributed by atoms with Gasteiger partial charge in [-0.25, -0.2) is 9.59 Å². The third kappa shape index (κ3) is 3.23. The van der Waals surface area contributed by atoms with Crippen LogP contribution in [0.2, 0.25) is 0 Å². The van der Waals surface area contributed by atoms with Crippen LogP contribution in [-0.2, 0) is 9.47 Å². The molecule has 0 spiro atoms. The highest BCUT2D eigenvalue weighted by Crippen LogP contribution is 2.21. The SMILES string of the molecule is COC(=O)c1[nH]c(C(=O)Nc2ccccc2)c(C)c1C(=O)OC. The van der Waals surface area contributed by atoms with Crippen molar-refractivity contribution in [3.8, 4) is 0 Å². The topological polar surface area (TPSA) is 97.5 Å². The molecule has 2 N–H and O–H groups in total. The third-order valence-corrected chi connectivity index (χ3v) is 3.29. The number of ether oxygens (including phenoxy) is 2. The fraction of sp³-hybridized carbons (Fsp3) is 0.188. The molecule has 2 aromatic rings. The molecule has 1 heterocycles. The first-order chi connectivity index (χ1) is 11.0. The zero-order valence-electron chi connectivity index (χ0n) is 12.9. The van der Waals surface area contributed by atoms with Crippen molar-refractivity contribution in [1.82, 2.24) is 4.98 Å². The predicted molar refractivity (Wildman–Crippen MR) is 82.6 cm³/mol.